The van der Waals surface area contributed by atoms with E-state index in [1.807, 2.05) is 30.3 Å². The lowest BCUT2D eigenvalue weighted by atomic mass is 9.85. The summed E-state index contributed by atoms with van der Waals surface area (Å²) >= 11 is 0. The molecule has 2 bridgehead atoms. The number of hydrogen-bond acceptors (Lipinski definition) is 3. The molecule has 2 aromatic carbocycles. The van der Waals surface area contributed by atoms with E-state index in [0.29, 0.717) is 11.3 Å². The fourth-order valence-corrected chi connectivity index (χ4v) is 4.79. The maximum Gasteiger partial charge on any atom is 0.238 e. The molecule has 2 fully saturated rings. The van der Waals surface area contributed by atoms with E-state index in [4.69, 9.17) is 0 Å². The topological polar surface area (TPSA) is 54.5 Å². The summed E-state index contributed by atoms with van der Waals surface area (Å²) in [6.07, 6.45) is 8.34. The van der Waals surface area contributed by atoms with Crippen molar-refractivity contribution in [3.63, 3.8) is 0 Å². The zero-order valence-corrected chi connectivity index (χ0v) is 15.2. The first-order valence-electron chi connectivity index (χ1n) is 9.57. The van der Waals surface area contributed by atoms with Crippen molar-refractivity contribution in [2.75, 3.05) is 4.90 Å². The second-order valence-corrected chi connectivity index (χ2v) is 7.67. The SMILES string of the molecule is O=C(/C=C/c1ccccc1)c1cccc(N2C(=O)C3C4C=CC(C4)C3C2=O)c1. The standard InChI is InChI=1S/C24H19NO3/c26-20(12-9-15-5-2-1-3-6-15)16-7-4-8-19(14-16)25-23(27)21-17-10-11-18(13-17)22(21)24(25)28/h1-12,14,17-18,21-22H,13H2/b12-9+. The molecular formula is C24H19NO3. The van der Waals surface area contributed by atoms with E-state index in [9.17, 15) is 14.4 Å². The van der Waals surface area contributed by atoms with Gasteiger partial charge < -0.3 is 0 Å². The molecule has 0 aromatic heterocycles. The molecule has 138 valence electrons. The highest BCUT2D eigenvalue weighted by Gasteiger charge is 2.59. The van der Waals surface area contributed by atoms with Gasteiger partial charge >= 0.3 is 0 Å². The molecule has 4 atom stereocenters. The van der Waals surface area contributed by atoms with Crippen molar-refractivity contribution in [2.45, 2.75) is 6.42 Å². The van der Waals surface area contributed by atoms with Gasteiger partial charge in [-0.15, -0.1) is 0 Å². The van der Waals surface area contributed by atoms with Gasteiger partial charge in [0.2, 0.25) is 11.8 Å². The molecule has 1 saturated carbocycles. The fourth-order valence-electron chi connectivity index (χ4n) is 4.79. The lowest BCUT2D eigenvalue weighted by molar-refractivity contribution is -0.123. The molecule has 2 aliphatic carbocycles. The highest BCUT2D eigenvalue weighted by molar-refractivity contribution is 6.23. The Bertz CT molecular complexity index is 1010. The van der Waals surface area contributed by atoms with Crippen molar-refractivity contribution < 1.29 is 14.4 Å². The Morgan fingerprint density at radius 3 is 2.25 bits per heavy atom. The van der Waals surface area contributed by atoms with Crippen LogP contribution in [0.4, 0.5) is 5.69 Å². The van der Waals surface area contributed by atoms with E-state index in [1.54, 1.807) is 30.3 Å². The third-order valence-corrected chi connectivity index (χ3v) is 6.09. The number of allylic oxidation sites excluding steroid dienone is 3. The predicted molar refractivity (Wildman–Crippen MR) is 106 cm³/mol. The van der Waals surface area contributed by atoms with Crippen LogP contribution in [0.2, 0.25) is 0 Å². The van der Waals surface area contributed by atoms with Crippen molar-refractivity contribution in [2.24, 2.45) is 23.7 Å². The molecule has 2 amide bonds. The quantitative estimate of drug-likeness (QED) is 0.356. The van der Waals surface area contributed by atoms with E-state index in [0.717, 1.165) is 12.0 Å². The molecule has 0 N–H and O–H groups in total. The molecule has 1 heterocycles. The molecule has 4 unspecified atom stereocenters. The molecule has 5 rings (SSSR count). The Hall–Kier alpha value is -3.27. The van der Waals surface area contributed by atoms with Crippen LogP contribution < -0.4 is 4.90 Å². The van der Waals surface area contributed by atoms with Crippen molar-refractivity contribution >= 4 is 29.4 Å². The smallest absolute Gasteiger partial charge is 0.238 e. The van der Waals surface area contributed by atoms with Crippen LogP contribution in [-0.4, -0.2) is 17.6 Å². The number of fused-ring (bicyclic) bond motifs is 5. The molecule has 28 heavy (non-hydrogen) atoms. The van der Waals surface area contributed by atoms with Crippen LogP contribution in [0.5, 0.6) is 0 Å². The Morgan fingerprint density at radius 2 is 1.57 bits per heavy atom. The van der Waals surface area contributed by atoms with Crippen molar-refractivity contribution in [1.29, 1.82) is 0 Å². The molecule has 3 aliphatic rings. The number of anilines is 1. The summed E-state index contributed by atoms with van der Waals surface area (Å²) in [5.41, 5.74) is 1.89. The molecule has 4 nitrogen and oxygen atoms in total. The van der Waals surface area contributed by atoms with Crippen LogP contribution >= 0.6 is 0 Å². The van der Waals surface area contributed by atoms with E-state index in [2.05, 4.69) is 12.2 Å². The minimum absolute atomic E-state index is 0.128. The second kappa shape index (κ2) is 6.41. The van der Waals surface area contributed by atoms with Crippen molar-refractivity contribution in [1.82, 2.24) is 0 Å². The summed E-state index contributed by atoms with van der Waals surface area (Å²) in [5.74, 6) is -0.538. The van der Waals surface area contributed by atoms with Gasteiger partial charge in [-0.1, -0.05) is 60.7 Å². The minimum Gasteiger partial charge on any atom is -0.289 e. The number of imide groups is 1. The number of nitrogens with zero attached hydrogens (tertiary/aromatic N) is 1. The number of benzene rings is 2. The van der Waals surface area contributed by atoms with E-state index in [1.165, 1.54) is 11.0 Å². The second-order valence-electron chi connectivity index (χ2n) is 7.67. The third-order valence-electron chi connectivity index (χ3n) is 6.09. The molecular weight excluding hydrogens is 350 g/mol. The van der Waals surface area contributed by atoms with Gasteiger partial charge in [-0.05, 0) is 42.0 Å². The van der Waals surface area contributed by atoms with Gasteiger partial charge in [0.15, 0.2) is 5.78 Å². The van der Waals surface area contributed by atoms with E-state index >= 15 is 0 Å². The van der Waals surface area contributed by atoms with Gasteiger partial charge in [-0.25, -0.2) is 4.90 Å². The van der Waals surface area contributed by atoms with Gasteiger partial charge in [-0.3, -0.25) is 14.4 Å². The Balaban J connectivity index is 1.41. The maximum absolute atomic E-state index is 13.0. The van der Waals surface area contributed by atoms with Crippen molar-refractivity contribution in [3.05, 3.63) is 84.0 Å². The van der Waals surface area contributed by atoms with Crippen LogP contribution in [0, 0.1) is 23.7 Å². The minimum atomic E-state index is -0.236. The summed E-state index contributed by atoms with van der Waals surface area (Å²) in [6, 6.07) is 16.4. The Kier molecular flexibility index (Phi) is 3.86. The third kappa shape index (κ3) is 2.56. The summed E-state index contributed by atoms with van der Waals surface area (Å²) in [6.45, 7) is 0. The average molecular weight is 369 g/mol. The van der Waals surface area contributed by atoms with Gasteiger partial charge in [0.05, 0.1) is 17.5 Å². The number of ketones is 1. The highest BCUT2D eigenvalue weighted by Crippen LogP contribution is 2.53. The number of carbonyl (C=O) groups excluding carboxylic acids is 3. The number of carbonyl (C=O) groups is 3. The van der Waals surface area contributed by atoms with Crippen LogP contribution in [0.15, 0.2) is 72.8 Å². The fraction of sp³-hybridized carbons (Fsp3) is 0.208. The molecule has 0 spiro atoms. The zero-order chi connectivity index (χ0) is 19.3. The van der Waals surface area contributed by atoms with E-state index in [-0.39, 0.29) is 41.3 Å². The summed E-state index contributed by atoms with van der Waals surface area (Å²) < 4.78 is 0. The number of hydrogen-bond donors (Lipinski definition) is 0. The zero-order valence-electron chi connectivity index (χ0n) is 15.2. The van der Waals surface area contributed by atoms with Gasteiger partial charge in [0.1, 0.15) is 0 Å². The summed E-state index contributed by atoms with van der Waals surface area (Å²) in [5, 5.41) is 0. The largest absolute Gasteiger partial charge is 0.289 e. The van der Waals surface area contributed by atoms with Crippen LogP contribution in [-0.2, 0) is 9.59 Å². The first kappa shape index (κ1) is 16.9. The first-order chi connectivity index (χ1) is 13.6. The van der Waals surface area contributed by atoms with Crippen LogP contribution in [0.3, 0.4) is 0 Å². The normalized spacial score (nSPS) is 27.8. The van der Waals surface area contributed by atoms with E-state index < -0.39 is 0 Å². The lowest BCUT2D eigenvalue weighted by Gasteiger charge is -2.17. The summed E-state index contributed by atoms with van der Waals surface area (Å²) in [7, 11) is 0. The Labute approximate surface area is 163 Å². The van der Waals surface area contributed by atoms with Gasteiger partial charge in [-0.2, -0.15) is 0 Å². The molecule has 1 saturated heterocycles. The molecule has 2 aromatic rings. The average Bonchev–Trinajstić information content (AvgIpc) is 3.41. The molecule has 1 aliphatic heterocycles. The molecule has 4 heteroatoms. The van der Waals surface area contributed by atoms with Gasteiger partial charge in [0.25, 0.3) is 0 Å². The van der Waals surface area contributed by atoms with Crippen LogP contribution in [0.1, 0.15) is 22.3 Å². The highest BCUT2D eigenvalue weighted by atomic mass is 16.2. The lowest BCUT2D eigenvalue weighted by Crippen LogP contribution is -2.32. The predicted octanol–water partition coefficient (Wildman–Crippen LogP) is 3.89. The number of rotatable bonds is 4. The summed E-state index contributed by atoms with van der Waals surface area (Å²) in [4.78, 5) is 39.8. The van der Waals surface area contributed by atoms with Gasteiger partial charge in [0, 0.05) is 5.56 Å². The number of amides is 2. The molecule has 0 radical (unpaired) electrons. The Morgan fingerprint density at radius 1 is 0.893 bits per heavy atom. The monoisotopic (exact) mass is 369 g/mol. The van der Waals surface area contributed by atoms with Crippen LogP contribution in [0.25, 0.3) is 6.08 Å². The van der Waals surface area contributed by atoms with Crippen molar-refractivity contribution in [3.8, 4) is 0 Å². The first-order valence-corrected chi connectivity index (χ1v) is 9.57. The maximum atomic E-state index is 13.0.